The van der Waals surface area contributed by atoms with E-state index in [0.29, 0.717) is 13.2 Å². The molecule has 0 saturated carbocycles. The largest absolute Gasteiger partial charge is 0.494 e. The highest BCUT2D eigenvalue weighted by molar-refractivity contribution is 5.85. The fourth-order valence-corrected chi connectivity index (χ4v) is 2.25. The van der Waals surface area contributed by atoms with E-state index in [0.717, 1.165) is 28.4 Å². The van der Waals surface area contributed by atoms with Gasteiger partial charge in [-0.25, -0.2) is 0 Å². The van der Waals surface area contributed by atoms with E-state index >= 15 is 0 Å². The number of hydrogen-bond acceptors (Lipinski definition) is 4. The third kappa shape index (κ3) is 3.70. The number of benzene rings is 2. The molecule has 2 aromatic carbocycles. The SMILES string of the molecule is CCOc1ccc(-n2nc(CN)c(-c3ccccc3)n2)cc1.Cl. The van der Waals surface area contributed by atoms with Crippen LogP contribution >= 0.6 is 12.4 Å². The molecule has 0 aliphatic heterocycles. The third-order valence-corrected chi connectivity index (χ3v) is 3.30. The summed E-state index contributed by atoms with van der Waals surface area (Å²) in [5, 5.41) is 9.07. The Balaban J connectivity index is 0.00000192. The summed E-state index contributed by atoms with van der Waals surface area (Å²) >= 11 is 0. The summed E-state index contributed by atoms with van der Waals surface area (Å²) in [5.74, 6) is 0.834. The van der Waals surface area contributed by atoms with Gasteiger partial charge in [0.25, 0.3) is 0 Å². The Bertz CT molecular complexity index is 741. The van der Waals surface area contributed by atoms with Gasteiger partial charge in [-0.05, 0) is 31.2 Å². The van der Waals surface area contributed by atoms with Gasteiger partial charge in [-0.3, -0.25) is 0 Å². The first kappa shape index (κ1) is 17.0. The minimum absolute atomic E-state index is 0. The Kier molecular flexibility index (Phi) is 5.73. The maximum absolute atomic E-state index is 5.81. The summed E-state index contributed by atoms with van der Waals surface area (Å²) in [6.07, 6.45) is 0. The molecule has 120 valence electrons. The summed E-state index contributed by atoms with van der Waals surface area (Å²) in [4.78, 5) is 1.61. The zero-order valence-electron chi connectivity index (χ0n) is 12.8. The number of nitrogens with two attached hydrogens (primary N) is 1. The highest BCUT2D eigenvalue weighted by Crippen LogP contribution is 2.21. The van der Waals surface area contributed by atoms with Crippen molar-refractivity contribution in [1.29, 1.82) is 0 Å². The van der Waals surface area contributed by atoms with Crippen LogP contribution in [0.5, 0.6) is 5.75 Å². The van der Waals surface area contributed by atoms with Gasteiger partial charge in [-0.1, -0.05) is 30.3 Å². The predicted octanol–water partition coefficient (Wildman–Crippen LogP) is 3.21. The van der Waals surface area contributed by atoms with Gasteiger partial charge in [-0.2, -0.15) is 9.90 Å². The predicted molar refractivity (Wildman–Crippen MR) is 93.1 cm³/mol. The van der Waals surface area contributed by atoms with Gasteiger partial charge >= 0.3 is 0 Å². The second-order valence-electron chi connectivity index (χ2n) is 4.78. The first-order valence-corrected chi connectivity index (χ1v) is 7.26. The maximum Gasteiger partial charge on any atom is 0.119 e. The van der Waals surface area contributed by atoms with Crippen LogP contribution in [0.15, 0.2) is 54.6 Å². The van der Waals surface area contributed by atoms with E-state index in [-0.39, 0.29) is 12.4 Å². The van der Waals surface area contributed by atoms with Crippen LogP contribution in [-0.2, 0) is 6.54 Å². The quantitative estimate of drug-likeness (QED) is 0.780. The lowest BCUT2D eigenvalue weighted by molar-refractivity contribution is 0.340. The summed E-state index contributed by atoms with van der Waals surface area (Å²) in [5.41, 5.74) is 9.29. The van der Waals surface area contributed by atoms with Crippen molar-refractivity contribution in [2.24, 2.45) is 5.73 Å². The summed E-state index contributed by atoms with van der Waals surface area (Å²) in [7, 11) is 0. The molecule has 0 fully saturated rings. The van der Waals surface area contributed by atoms with Crippen molar-refractivity contribution in [1.82, 2.24) is 15.0 Å². The van der Waals surface area contributed by atoms with E-state index < -0.39 is 0 Å². The standard InChI is InChI=1S/C17H18N4O.ClH/c1-2-22-15-10-8-14(9-11-15)21-19-16(12-18)17(20-21)13-6-4-3-5-7-13;/h3-11H,2,12,18H2,1H3;1H. The molecule has 0 spiro atoms. The molecule has 0 saturated heterocycles. The zero-order chi connectivity index (χ0) is 15.4. The first-order chi connectivity index (χ1) is 10.8. The Hall–Kier alpha value is -2.37. The summed E-state index contributed by atoms with van der Waals surface area (Å²) < 4.78 is 5.45. The molecule has 5 nitrogen and oxygen atoms in total. The van der Waals surface area contributed by atoms with Gasteiger partial charge in [-0.15, -0.1) is 17.5 Å². The highest BCUT2D eigenvalue weighted by Gasteiger charge is 2.12. The molecule has 1 heterocycles. The molecule has 0 atom stereocenters. The van der Waals surface area contributed by atoms with E-state index in [9.17, 15) is 0 Å². The topological polar surface area (TPSA) is 66.0 Å². The summed E-state index contributed by atoms with van der Waals surface area (Å²) in [6.45, 7) is 2.96. The smallest absolute Gasteiger partial charge is 0.119 e. The van der Waals surface area contributed by atoms with Crippen LogP contribution in [0.2, 0.25) is 0 Å². The van der Waals surface area contributed by atoms with Crippen molar-refractivity contribution < 1.29 is 4.74 Å². The second-order valence-corrected chi connectivity index (χ2v) is 4.78. The van der Waals surface area contributed by atoms with Crippen molar-refractivity contribution in [3.63, 3.8) is 0 Å². The van der Waals surface area contributed by atoms with Crippen molar-refractivity contribution in [2.45, 2.75) is 13.5 Å². The van der Waals surface area contributed by atoms with E-state index in [1.165, 1.54) is 0 Å². The molecule has 0 aliphatic rings. The molecule has 0 amide bonds. The number of halogens is 1. The van der Waals surface area contributed by atoms with Crippen molar-refractivity contribution >= 4 is 12.4 Å². The van der Waals surface area contributed by atoms with E-state index in [1.807, 2.05) is 61.5 Å². The average molecular weight is 331 g/mol. The monoisotopic (exact) mass is 330 g/mol. The Morgan fingerprint density at radius 3 is 2.30 bits per heavy atom. The number of hydrogen-bond donors (Lipinski definition) is 1. The third-order valence-electron chi connectivity index (χ3n) is 3.30. The molecule has 2 N–H and O–H groups in total. The molecule has 0 aliphatic carbocycles. The van der Waals surface area contributed by atoms with Gasteiger partial charge in [0.1, 0.15) is 17.1 Å². The molecule has 23 heavy (non-hydrogen) atoms. The van der Waals surface area contributed by atoms with Gasteiger partial charge in [0, 0.05) is 12.1 Å². The van der Waals surface area contributed by atoms with Crippen molar-refractivity contribution in [2.75, 3.05) is 6.61 Å². The van der Waals surface area contributed by atoms with Gasteiger partial charge < -0.3 is 10.5 Å². The Morgan fingerprint density at radius 2 is 1.70 bits per heavy atom. The van der Waals surface area contributed by atoms with Crippen LogP contribution in [0.1, 0.15) is 12.6 Å². The van der Waals surface area contributed by atoms with Crippen LogP contribution in [-0.4, -0.2) is 21.6 Å². The Morgan fingerprint density at radius 1 is 1.00 bits per heavy atom. The lowest BCUT2D eigenvalue weighted by Gasteiger charge is -2.04. The normalized spacial score (nSPS) is 10.2. The molecule has 6 heteroatoms. The minimum atomic E-state index is 0. The lowest BCUT2D eigenvalue weighted by atomic mass is 10.1. The first-order valence-electron chi connectivity index (χ1n) is 7.26. The molecule has 1 aromatic heterocycles. The lowest BCUT2D eigenvalue weighted by Crippen LogP contribution is -2.02. The van der Waals surface area contributed by atoms with Crippen LogP contribution in [0.25, 0.3) is 16.9 Å². The van der Waals surface area contributed by atoms with E-state index in [4.69, 9.17) is 10.5 Å². The highest BCUT2D eigenvalue weighted by atomic mass is 35.5. The number of ether oxygens (including phenoxy) is 1. The van der Waals surface area contributed by atoms with E-state index in [2.05, 4.69) is 10.2 Å². The fourth-order valence-electron chi connectivity index (χ4n) is 2.25. The molecule has 3 rings (SSSR count). The molecule has 0 unspecified atom stereocenters. The number of rotatable bonds is 5. The van der Waals surface area contributed by atoms with Gasteiger partial charge in [0.15, 0.2) is 0 Å². The van der Waals surface area contributed by atoms with E-state index in [1.54, 1.807) is 4.80 Å². The average Bonchev–Trinajstić information content (AvgIpc) is 3.01. The van der Waals surface area contributed by atoms with Crippen LogP contribution < -0.4 is 10.5 Å². The maximum atomic E-state index is 5.81. The molecule has 3 aromatic rings. The molecule has 0 bridgehead atoms. The van der Waals surface area contributed by atoms with Crippen LogP contribution in [0.3, 0.4) is 0 Å². The minimum Gasteiger partial charge on any atom is -0.494 e. The van der Waals surface area contributed by atoms with Gasteiger partial charge in [0.2, 0.25) is 0 Å². The zero-order valence-corrected chi connectivity index (χ0v) is 13.7. The molecule has 0 radical (unpaired) electrons. The second kappa shape index (κ2) is 7.76. The van der Waals surface area contributed by atoms with Crippen LogP contribution in [0, 0.1) is 0 Å². The molecular formula is C17H19ClN4O. The molecular weight excluding hydrogens is 312 g/mol. The fraction of sp³-hybridized carbons (Fsp3) is 0.176. The Labute approximate surface area is 141 Å². The number of nitrogens with zero attached hydrogens (tertiary/aromatic N) is 3. The van der Waals surface area contributed by atoms with Crippen molar-refractivity contribution in [3.8, 4) is 22.7 Å². The van der Waals surface area contributed by atoms with Crippen LogP contribution in [0.4, 0.5) is 0 Å². The van der Waals surface area contributed by atoms with Crippen molar-refractivity contribution in [3.05, 3.63) is 60.3 Å². The number of aromatic nitrogens is 3. The van der Waals surface area contributed by atoms with Gasteiger partial charge in [0.05, 0.1) is 12.3 Å². The summed E-state index contributed by atoms with van der Waals surface area (Å²) in [6, 6.07) is 17.6.